The number of aliphatic hydroxyl groups excluding tert-OH is 1. The molecule has 90 valence electrons. The lowest BCUT2D eigenvalue weighted by Crippen LogP contribution is -2.24. The highest BCUT2D eigenvalue weighted by molar-refractivity contribution is 5.42. The molecule has 0 amide bonds. The molecule has 0 radical (unpaired) electrons. The first-order valence-electron chi connectivity index (χ1n) is 5.33. The maximum atomic E-state index is 9.31. The smallest absolute Gasteiger partial charge is 0.127 e. The summed E-state index contributed by atoms with van der Waals surface area (Å²) in [6.07, 6.45) is 0. The molecular weight excluding hydrogens is 206 g/mol. The molecule has 4 heteroatoms. The van der Waals surface area contributed by atoms with Crippen LogP contribution in [0.3, 0.4) is 0 Å². The third-order valence-corrected chi connectivity index (χ3v) is 2.45. The van der Waals surface area contributed by atoms with Crippen molar-refractivity contribution in [3.05, 3.63) is 23.8 Å². The molecule has 4 nitrogen and oxygen atoms in total. The van der Waals surface area contributed by atoms with E-state index in [0.29, 0.717) is 0 Å². The van der Waals surface area contributed by atoms with Gasteiger partial charge in [0.15, 0.2) is 0 Å². The van der Waals surface area contributed by atoms with Crippen LogP contribution in [0.5, 0.6) is 11.5 Å². The summed E-state index contributed by atoms with van der Waals surface area (Å²) in [6, 6.07) is 5.47. The predicted octanol–water partition coefficient (Wildman–Crippen LogP) is 1.35. The molecule has 0 spiro atoms. The number of hydrogen-bond acceptors (Lipinski definition) is 4. The molecule has 1 unspecified atom stereocenters. The summed E-state index contributed by atoms with van der Waals surface area (Å²) in [6.45, 7) is 2.83. The minimum atomic E-state index is -0.106. The Labute approximate surface area is 96.2 Å². The first-order chi connectivity index (χ1) is 7.76. The first kappa shape index (κ1) is 12.8. The summed E-state index contributed by atoms with van der Waals surface area (Å²) in [5.41, 5.74) is 0.938. The molecule has 1 atom stereocenters. The predicted molar refractivity (Wildman–Crippen MR) is 63.0 cm³/mol. The van der Waals surface area contributed by atoms with Crippen molar-refractivity contribution in [2.24, 2.45) is 0 Å². The number of benzene rings is 1. The van der Waals surface area contributed by atoms with Gasteiger partial charge in [0.2, 0.25) is 0 Å². The zero-order chi connectivity index (χ0) is 12.0. The van der Waals surface area contributed by atoms with Crippen LogP contribution in [0.1, 0.15) is 18.5 Å². The third-order valence-electron chi connectivity index (χ3n) is 2.45. The first-order valence-corrected chi connectivity index (χ1v) is 5.33. The standard InChI is InChI=1S/C12H19NO3/c1-4-13-11(8-14)10-6-5-9(15-2)7-12(10)16-3/h5-7,11,13-14H,4,8H2,1-3H3. The van der Waals surface area contributed by atoms with Gasteiger partial charge in [-0.15, -0.1) is 0 Å². The maximum absolute atomic E-state index is 9.31. The molecule has 1 aromatic carbocycles. The topological polar surface area (TPSA) is 50.7 Å². The van der Waals surface area contributed by atoms with Crippen molar-refractivity contribution in [1.82, 2.24) is 5.32 Å². The Morgan fingerprint density at radius 1 is 1.31 bits per heavy atom. The van der Waals surface area contributed by atoms with E-state index < -0.39 is 0 Å². The van der Waals surface area contributed by atoms with Gasteiger partial charge in [-0.1, -0.05) is 6.92 Å². The van der Waals surface area contributed by atoms with E-state index >= 15 is 0 Å². The molecule has 0 aliphatic rings. The van der Waals surface area contributed by atoms with E-state index in [1.54, 1.807) is 14.2 Å². The summed E-state index contributed by atoms with van der Waals surface area (Å²) in [7, 11) is 3.22. The van der Waals surface area contributed by atoms with E-state index in [9.17, 15) is 5.11 Å². The zero-order valence-electron chi connectivity index (χ0n) is 9.99. The van der Waals surface area contributed by atoms with Crippen molar-refractivity contribution in [3.8, 4) is 11.5 Å². The summed E-state index contributed by atoms with van der Waals surface area (Å²) in [5, 5.41) is 12.5. The lowest BCUT2D eigenvalue weighted by molar-refractivity contribution is 0.242. The van der Waals surface area contributed by atoms with Crippen molar-refractivity contribution in [2.45, 2.75) is 13.0 Å². The molecule has 0 fully saturated rings. The number of likely N-dealkylation sites (N-methyl/N-ethyl adjacent to an activating group) is 1. The molecule has 16 heavy (non-hydrogen) atoms. The van der Waals surface area contributed by atoms with E-state index in [0.717, 1.165) is 23.6 Å². The van der Waals surface area contributed by atoms with E-state index in [-0.39, 0.29) is 12.6 Å². The van der Waals surface area contributed by atoms with Gasteiger partial charge in [-0.3, -0.25) is 0 Å². The average Bonchev–Trinajstić information content (AvgIpc) is 2.35. The van der Waals surface area contributed by atoms with Crippen LogP contribution in [0.25, 0.3) is 0 Å². The molecule has 0 saturated carbocycles. The second-order valence-corrected chi connectivity index (χ2v) is 3.40. The lowest BCUT2D eigenvalue weighted by Gasteiger charge is -2.19. The fraction of sp³-hybridized carbons (Fsp3) is 0.500. The largest absolute Gasteiger partial charge is 0.497 e. The Balaban J connectivity index is 3.01. The fourth-order valence-corrected chi connectivity index (χ4v) is 1.63. The second-order valence-electron chi connectivity index (χ2n) is 3.40. The van der Waals surface area contributed by atoms with Crippen LogP contribution >= 0.6 is 0 Å². The molecule has 2 N–H and O–H groups in total. The maximum Gasteiger partial charge on any atom is 0.127 e. The van der Waals surface area contributed by atoms with Gasteiger partial charge >= 0.3 is 0 Å². The molecule has 0 aliphatic carbocycles. The van der Waals surface area contributed by atoms with Crippen LogP contribution in [0.4, 0.5) is 0 Å². The molecule has 0 aliphatic heterocycles. The lowest BCUT2D eigenvalue weighted by atomic mass is 10.1. The Bertz CT molecular complexity index is 328. The minimum absolute atomic E-state index is 0.0382. The van der Waals surface area contributed by atoms with Gasteiger partial charge in [0.1, 0.15) is 11.5 Å². The van der Waals surface area contributed by atoms with Crippen molar-refractivity contribution in [3.63, 3.8) is 0 Å². The van der Waals surface area contributed by atoms with Crippen molar-refractivity contribution in [1.29, 1.82) is 0 Å². The second kappa shape index (κ2) is 6.35. The van der Waals surface area contributed by atoms with E-state index in [2.05, 4.69) is 5.32 Å². The van der Waals surface area contributed by atoms with Crippen LogP contribution in [-0.2, 0) is 0 Å². The number of nitrogens with one attached hydrogen (secondary N) is 1. The number of methoxy groups -OCH3 is 2. The quantitative estimate of drug-likeness (QED) is 0.767. The van der Waals surface area contributed by atoms with Crippen molar-refractivity contribution in [2.75, 3.05) is 27.4 Å². The number of aliphatic hydroxyl groups is 1. The van der Waals surface area contributed by atoms with Crippen LogP contribution in [0.2, 0.25) is 0 Å². The molecule has 1 rings (SSSR count). The van der Waals surface area contributed by atoms with Gasteiger partial charge in [-0.25, -0.2) is 0 Å². The van der Waals surface area contributed by atoms with Crippen molar-refractivity contribution >= 4 is 0 Å². The fourth-order valence-electron chi connectivity index (χ4n) is 1.63. The van der Waals surface area contributed by atoms with E-state index in [1.807, 2.05) is 25.1 Å². The molecular formula is C12H19NO3. The van der Waals surface area contributed by atoms with Crippen molar-refractivity contribution < 1.29 is 14.6 Å². The summed E-state index contributed by atoms with van der Waals surface area (Å²) in [4.78, 5) is 0. The SMILES string of the molecule is CCNC(CO)c1ccc(OC)cc1OC. The van der Waals surface area contributed by atoms with Crippen LogP contribution in [0.15, 0.2) is 18.2 Å². The summed E-state index contributed by atoms with van der Waals surface area (Å²) in [5.74, 6) is 1.47. The van der Waals surface area contributed by atoms with E-state index in [4.69, 9.17) is 9.47 Å². The Morgan fingerprint density at radius 3 is 2.56 bits per heavy atom. The van der Waals surface area contributed by atoms with Crippen LogP contribution in [-0.4, -0.2) is 32.5 Å². The highest BCUT2D eigenvalue weighted by atomic mass is 16.5. The molecule has 0 heterocycles. The zero-order valence-corrected chi connectivity index (χ0v) is 9.99. The molecule has 0 saturated heterocycles. The highest BCUT2D eigenvalue weighted by Crippen LogP contribution is 2.29. The van der Waals surface area contributed by atoms with E-state index in [1.165, 1.54) is 0 Å². The average molecular weight is 225 g/mol. The van der Waals surface area contributed by atoms with Gasteiger partial charge in [-0.2, -0.15) is 0 Å². The molecule has 0 aromatic heterocycles. The van der Waals surface area contributed by atoms with Crippen LogP contribution in [0, 0.1) is 0 Å². The highest BCUT2D eigenvalue weighted by Gasteiger charge is 2.14. The van der Waals surface area contributed by atoms with Gasteiger partial charge in [0, 0.05) is 11.6 Å². The molecule has 1 aromatic rings. The van der Waals surface area contributed by atoms with Crippen LogP contribution < -0.4 is 14.8 Å². The summed E-state index contributed by atoms with van der Waals surface area (Å²) >= 11 is 0. The summed E-state index contributed by atoms with van der Waals surface area (Å²) < 4.78 is 10.4. The third kappa shape index (κ3) is 2.87. The Hall–Kier alpha value is -1.26. The minimum Gasteiger partial charge on any atom is -0.497 e. The van der Waals surface area contributed by atoms with Gasteiger partial charge < -0.3 is 19.9 Å². The molecule has 0 bridgehead atoms. The number of rotatable bonds is 6. The Kier molecular flexibility index (Phi) is 5.08. The number of ether oxygens (including phenoxy) is 2. The Morgan fingerprint density at radius 2 is 2.06 bits per heavy atom. The monoisotopic (exact) mass is 225 g/mol. The van der Waals surface area contributed by atoms with Gasteiger partial charge in [-0.05, 0) is 18.7 Å². The van der Waals surface area contributed by atoms with Gasteiger partial charge in [0.05, 0.1) is 26.9 Å². The number of hydrogen-bond donors (Lipinski definition) is 2. The normalized spacial score (nSPS) is 12.2. The van der Waals surface area contributed by atoms with Gasteiger partial charge in [0.25, 0.3) is 0 Å².